The molecule has 138 valence electrons. The van der Waals surface area contributed by atoms with Gasteiger partial charge in [0.05, 0.1) is 17.4 Å². The van der Waals surface area contributed by atoms with Crippen molar-refractivity contribution in [2.75, 3.05) is 6.61 Å². The summed E-state index contributed by atoms with van der Waals surface area (Å²) in [4.78, 5) is 7.67. The molecule has 0 radical (unpaired) electrons. The van der Waals surface area contributed by atoms with E-state index >= 15 is 0 Å². The zero-order chi connectivity index (χ0) is 18.9. The van der Waals surface area contributed by atoms with Gasteiger partial charge >= 0.3 is 12.1 Å². The maximum atomic E-state index is 12.8. The Morgan fingerprint density at radius 1 is 1.08 bits per heavy atom. The molecule has 3 aromatic heterocycles. The van der Waals surface area contributed by atoms with Crippen LogP contribution in [0.1, 0.15) is 5.56 Å². The first-order chi connectivity index (χ1) is 12.2. The fourth-order valence-electron chi connectivity index (χ4n) is 2.07. The van der Waals surface area contributed by atoms with Crippen molar-refractivity contribution in [3.63, 3.8) is 0 Å². The first kappa shape index (κ1) is 18.3. The average Bonchev–Trinajstić information content (AvgIpc) is 2.97. The number of nitrogens with zero attached hydrogens (tertiary/aromatic N) is 4. The molecular formula is C15H10ClF5N4O. The van der Waals surface area contributed by atoms with Crippen molar-refractivity contribution in [3.05, 3.63) is 47.5 Å². The summed E-state index contributed by atoms with van der Waals surface area (Å²) in [6, 6.07) is 4.38. The number of aromatic nitrogens is 4. The van der Waals surface area contributed by atoms with Gasteiger partial charge in [-0.25, -0.2) is 9.97 Å². The minimum absolute atomic E-state index is 0.289. The number of hydrogen-bond acceptors (Lipinski definition) is 4. The maximum absolute atomic E-state index is 12.8. The van der Waals surface area contributed by atoms with Gasteiger partial charge in [0.2, 0.25) is 5.88 Å². The summed E-state index contributed by atoms with van der Waals surface area (Å²) in [5.41, 5.74) is 1.28. The maximum Gasteiger partial charge on any atom is 0.456 e. The van der Waals surface area contributed by atoms with Crippen molar-refractivity contribution in [3.8, 4) is 5.88 Å². The second-order valence-electron chi connectivity index (χ2n) is 5.36. The Labute approximate surface area is 148 Å². The van der Waals surface area contributed by atoms with Crippen LogP contribution in [-0.4, -0.2) is 38.5 Å². The van der Waals surface area contributed by atoms with Crippen LogP contribution in [0.5, 0.6) is 5.88 Å². The molecule has 3 rings (SSSR count). The Morgan fingerprint density at radius 2 is 1.85 bits per heavy atom. The van der Waals surface area contributed by atoms with Gasteiger partial charge in [0, 0.05) is 24.7 Å². The molecule has 0 atom stereocenters. The Balaban J connectivity index is 1.66. The fraction of sp³-hybridized carbons (Fsp3) is 0.267. The van der Waals surface area contributed by atoms with Gasteiger partial charge < -0.3 is 4.74 Å². The molecule has 0 N–H and O–H groups in total. The second-order valence-corrected chi connectivity index (χ2v) is 5.71. The molecule has 0 aliphatic rings. The molecule has 3 heterocycles. The summed E-state index contributed by atoms with van der Waals surface area (Å²) < 4.78 is 67.9. The molecule has 0 amide bonds. The normalized spacial score (nSPS) is 12.5. The van der Waals surface area contributed by atoms with Gasteiger partial charge in [0.25, 0.3) is 0 Å². The third-order valence-electron chi connectivity index (χ3n) is 3.39. The quantitative estimate of drug-likeness (QED) is 0.484. The molecule has 11 heteroatoms. The van der Waals surface area contributed by atoms with Crippen LogP contribution in [0.4, 0.5) is 22.0 Å². The van der Waals surface area contributed by atoms with E-state index in [1.165, 1.54) is 24.5 Å². The third kappa shape index (κ3) is 3.85. The lowest BCUT2D eigenvalue weighted by Crippen LogP contribution is -2.41. The summed E-state index contributed by atoms with van der Waals surface area (Å²) in [6.07, 6.45) is -1.18. The highest BCUT2D eigenvalue weighted by Gasteiger charge is 2.58. The molecule has 5 nitrogen and oxygen atoms in total. The van der Waals surface area contributed by atoms with Gasteiger partial charge in [-0.05, 0) is 11.6 Å². The standard InChI is InChI=1S/C15H10ClF5N4O/c16-13-10-7-25(24-11(10)3-4-22-13)6-9-1-2-12(23-5-9)26-8-14(17,18)15(19,20)21/h1-5,7H,6,8H2. The van der Waals surface area contributed by atoms with E-state index in [1.54, 1.807) is 16.9 Å². The van der Waals surface area contributed by atoms with E-state index in [-0.39, 0.29) is 12.4 Å². The zero-order valence-electron chi connectivity index (χ0n) is 12.8. The van der Waals surface area contributed by atoms with Gasteiger partial charge in [-0.1, -0.05) is 17.7 Å². The van der Waals surface area contributed by atoms with E-state index in [4.69, 9.17) is 11.6 Å². The summed E-state index contributed by atoms with van der Waals surface area (Å²) in [5, 5.41) is 5.27. The van der Waals surface area contributed by atoms with Crippen LogP contribution in [0.15, 0.2) is 36.8 Å². The first-order valence-corrected chi connectivity index (χ1v) is 7.53. The van der Waals surface area contributed by atoms with Gasteiger partial charge in [-0.2, -0.15) is 27.1 Å². The molecule has 0 saturated heterocycles. The molecule has 0 aromatic carbocycles. The van der Waals surface area contributed by atoms with Crippen molar-refractivity contribution in [1.29, 1.82) is 0 Å². The summed E-state index contributed by atoms with van der Waals surface area (Å²) in [5.74, 6) is -5.29. The topological polar surface area (TPSA) is 52.8 Å². The van der Waals surface area contributed by atoms with Crippen LogP contribution < -0.4 is 4.74 Å². The number of hydrogen-bond donors (Lipinski definition) is 0. The van der Waals surface area contributed by atoms with E-state index in [0.717, 1.165) is 0 Å². The second kappa shape index (κ2) is 6.67. The van der Waals surface area contributed by atoms with Crippen molar-refractivity contribution in [2.45, 2.75) is 18.6 Å². The lowest BCUT2D eigenvalue weighted by Gasteiger charge is -2.19. The zero-order valence-corrected chi connectivity index (χ0v) is 13.6. The predicted molar refractivity (Wildman–Crippen MR) is 82.4 cm³/mol. The lowest BCUT2D eigenvalue weighted by atomic mass is 10.3. The van der Waals surface area contributed by atoms with E-state index in [2.05, 4.69) is 19.8 Å². The highest BCUT2D eigenvalue weighted by molar-refractivity contribution is 6.34. The Bertz CT molecular complexity index is 911. The number of ether oxygens (including phenoxy) is 1. The Morgan fingerprint density at radius 3 is 2.46 bits per heavy atom. The molecule has 0 fully saturated rings. The van der Waals surface area contributed by atoms with Gasteiger partial charge in [0.15, 0.2) is 6.61 Å². The number of pyridine rings is 2. The van der Waals surface area contributed by atoms with Crippen molar-refractivity contribution < 1.29 is 26.7 Å². The molecule has 0 saturated carbocycles. The average molecular weight is 393 g/mol. The van der Waals surface area contributed by atoms with Crippen LogP contribution >= 0.6 is 11.6 Å². The Kier molecular flexibility index (Phi) is 4.70. The SMILES string of the molecule is FC(F)(F)C(F)(F)COc1ccc(Cn2cc3c(Cl)nccc3n2)cn1. The summed E-state index contributed by atoms with van der Waals surface area (Å²) in [6.45, 7) is -1.55. The highest BCUT2D eigenvalue weighted by atomic mass is 35.5. The summed E-state index contributed by atoms with van der Waals surface area (Å²) >= 11 is 5.96. The van der Waals surface area contributed by atoms with Gasteiger partial charge in [0.1, 0.15) is 5.15 Å². The smallest absolute Gasteiger partial charge is 0.456 e. The van der Waals surface area contributed by atoms with E-state index in [9.17, 15) is 22.0 Å². The molecule has 26 heavy (non-hydrogen) atoms. The molecule has 0 spiro atoms. The van der Waals surface area contributed by atoms with E-state index in [0.29, 0.717) is 21.6 Å². The molecule has 0 aliphatic heterocycles. The van der Waals surface area contributed by atoms with Gasteiger partial charge in [-0.15, -0.1) is 0 Å². The molecule has 0 unspecified atom stereocenters. The Hall–Kier alpha value is -2.49. The monoisotopic (exact) mass is 392 g/mol. The first-order valence-electron chi connectivity index (χ1n) is 7.16. The van der Waals surface area contributed by atoms with Crippen molar-refractivity contribution in [1.82, 2.24) is 19.7 Å². The number of alkyl halides is 5. The summed E-state index contributed by atoms with van der Waals surface area (Å²) in [7, 11) is 0. The molecule has 0 bridgehead atoms. The van der Waals surface area contributed by atoms with Crippen LogP contribution in [0.2, 0.25) is 5.15 Å². The third-order valence-corrected chi connectivity index (χ3v) is 3.69. The largest absolute Gasteiger partial charge is 0.471 e. The predicted octanol–water partition coefficient (Wildman–Crippen LogP) is 4.10. The number of halogens is 6. The fourth-order valence-corrected chi connectivity index (χ4v) is 2.27. The van der Waals surface area contributed by atoms with Crippen molar-refractivity contribution in [2.24, 2.45) is 0 Å². The molecule has 0 aliphatic carbocycles. The van der Waals surface area contributed by atoms with E-state index < -0.39 is 18.7 Å². The highest BCUT2D eigenvalue weighted by Crippen LogP contribution is 2.35. The number of rotatable bonds is 5. The van der Waals surface area contributed by atoms with Crippen LogP contribution in [0.3, 0.4) is 0 Å². The van der Waals surface area contributed by atoms with Crippen LogP contribution in [-0.2, 0) is 6.54 Å². The minimum Gasteiger partial charge on any atom is -0.471 e. The lowest BCUT2D eigenvalue weighted by molar-refractivity contribution is -0.290. The number of fused-ring (bicyclic) bond motifs is 1. The van der Waals surface area contributed by atoms with Crippen molar-refractivity contribution >= 4 is 22.5 Å². The minimum atomic E-state index is -5.68. The van der Waals surface area contributed by atoms with Crippen LogP contribution in [0, 0.1) is 0 Å². The van der Waals surface area contributed by atoms with Gasteiger partial charge in [-0.3, -0.25) is 4.68 Å². The molecule has 3 aromatic rings. The van der Waals surface area contributed by atoms with Crippen LogP contribution in [0.25, 0.3) is 10.9 Å². The molecular weight excluding hydrogens is 383 g/mol. The van der Waals surface area contributed by atoms with E-state index in [1.807, 2.05) is 0 Å².